The summed E-state index contributed by atoms with van der Waals surface area (Å²) >= 11 is 0. The van der Waals surface area contributed by atoms with Gasteiger partial charge in [0, 0.05) is 6.42 Å². The summed E-state index contributed by atoms with van der Waals surface area (Å²) in [7, 11) is 0. The van der Waals surface area contributed by atoms with Crippen molar-refractivity contribution in [2.45, 2.75) is 145 Å². The lowest BCUT2D eigenvalue weighted by molar-refractivity contribution is -0.343. The van der Waals surface area contributed by atoms with Gasteiger partial charge in [-0.15, -0.1) is 0 Å². The number of aliphatic hydroxyl groups excluding tert-OH is 7. The number of carbonyl (C=O) groups excluding carboxylic acids is 1. The Morgan fingerprint density at radius 1 is 0.684 bits per heavy atom. The molecule has 0 aromatic carbocycles. The van der Waals surface area contributed by atoms with E-state index < -0.39 is 74.6 Å². The predicted octanol–water partition coefficient (Wildman–Crippen LogP) is -0.572. The number of nitrogens with one attached hydrogen (secondary N) is 1. The smallest absolute Gasteiger partial charge is 0.222 e. The van der Waals surface area contributed by atoms with Crippen molar-refractivity contribution in [3.05, 3.63) is 0 Å². The summed E-state index contributed by atoms with van der Waals surface area (Å²) in [5.74, 6) is -0.359. The molecule has 12 heteroatoms. The van der Waals surface area contributed by atoms with E-state index >= 15 is 0 Å². The fourth-order valence-corrected chi connectivity index (χ4v) is 4.89. The standard InChI is InChI=1S/C26H49NO11/c1-2-3-4-5-6-7-8-9-10-11-12-13-18(30)27-25-22(34)21(33)24(17(15-29)36-25)38-26-23(35)20(32)19(31)16(14-28)37-26/h16-17,19-26,28-29,31-35H,2-15H2,1H3,(H,27,30)/t16-,17-,19-,20+,21-,22+,23+,24-,25-,26+/m1/s1. The van der Waals surface area contributed by atoms with Gasteiger partial charge in [-0.25, -0.2) is 0 Å². The number of rotatable bonds is 17. The summed E-state index contributed by atoms with van der Waals surface area (Å²) in [6, 6.07) is 0. The predicted molar refractivity (Wildman–Crippen MR) is 136 cm³/mol. The molecule has 1 amide bonds. The first-order chi connectivity index (χ1) is 18.2. The van der Waals surface area contributed by atoms with Gasteiger partial charge in [0.25, 0.3) is 0 Å². The Morgan fingerprint density at radius 3 is 1.79 bits per heavy atom. The van der Waals surface area contributed by atoms with Crippen LogP contribution in [-0.4, -0.2) is 116 Å². The fourth-order valence-electron chi connectivity index (χ4n) is 4.89. The largest absolute Gasteiger partial charge is 0.394 e. The zero-order chi connectivity index (χ0) is 28.1. The Morgan fingerprint density at radius 2 is 1.24 bits per heavy atom. The molecule has 0 aromatic heterocycles. The van der Waals surface area contributed by atoms with Crippen LogP contribution < -0.4 is 5.32 Å². The van der Waals surface area contributed by atoms with Gasteiger partial charge < -0.3 is 55.3 Å². The normalized spacial score (nSPS) is 35.8. The maximum Gasteiger partial charge on any atom is 0.222 e. The molecule has 2 heterocycles. The maximum absolute atomic E-state index is 12.4. The minimum absolute atomic E-state index is 0.230. The second kappa shape index (κ2) is 17.7. The number of ether oxygens (including phenoxy) is 3. The lowest BCUT2D eigenvalue weighted by Gasteiger charge is -2.46. The Balaban J connectivity index is 1.74. The second-order valence-electron chi connectivity index (χ2n) is 10.4. The Hall–Kier alpha value is -0.930. The van der Waals surface area contributed by atoms with Gasteiger partial charge in [-0.05, 0) is 6.42 Å². The zero-order valence-corrected chi connectivity index (χ0v) is 22.4. The molecule has 0 radical (unpaired) electrons. The molecular weight excluding hydrogens is 502 g/mol. The molecule has 10 atom stereocenters. The van der Waals surface area contributed by atoms with Gasteiger partial charge in [0.2, 0.25) is 5.91 Å². The van der Waals surface area contributed by atoms with Crippen LogP contribution in [0.1, 0.15) is 84.0 Å². The molecule has 0 spiro atoms. The number of aliphatic hydroxyl groups is 7. The van der Waals surface area contributed by atoms with Gasteiger partial charge in [0.1, 0.15) is 48.8 Å². The summed E-state index contributed by atoms with van der Waals surface area (Å²) < 4.78 is 16.4. The highest BCUT2D eigenvalue weighted by molar-refractivity contribution is 5.76. The van der Waals surface area contributed by atoms with Crippen molar-refractivity contribution in [1.29, 1.82) is 0 Å². The maximum atomic E-state index is 12.4. The quantitative estimate of drug-likeness (QED) is 0.108. The number of hydrogen-bond acceptors (Lipinski definition) is 11. The van der Waals surface area contributed by atoms with E-state index in [1.54, 1.807) is 0 Å². The average Bonchev–Trinajstić information content (AvgIpc) is 2.91. The van der Waals surface area contributed by atoms with Crippen molar-refractivity contribution in [1.82, 2.24) is 5.32 Å². The Bertz CT molecular complexity index is 653. The first-order valence-corrected chi connectivity index (χ1v) is 14.1. The van der Waals surface area contributed by atoms with Gasteiger partial charge in [0.05, 0.1) is 13.2 Å². The van der Waals surface area contributed by atoms with Crippen LogP contribution >= 0.6 is 0 Å². The highest BCUT2D eigenvalue weighted by atomic mass is 16.7. The van der Waals surface area contributed by atoms with E-state index in [0.717, 1.165) is 19.3 Å². The van der Waals surface area contributed by atoms with Crippen molar-refractivity contribution in [3.63, 3.8) is 0 Å². The topological polar surface area (TPSA) is 198 Å². The molecule has 2 aliphatic rings. The minimum Gasteiger partial charge on any atom is -0.394 e. The summed E-state index contributed by atoms with van der Waals surface area (Å²) in [4.78, 5) is 12.4. The summed E-state index contributed by atoms with van der Waals surface area (Å²) in [5.41, 5.74) is 0. The van der Waals surface area contributed by atoms with Crippen LogP contribution in [0.4, 0.5) is 0 Å². The van der Waals surface area contributed by atoms with E-state index in [4.69, 9.17) is 14.2 Å². The van der Waals surface area contributed by atoms with E-state index in [-0.39, 0.29) is 12.3 Å². The van der Waals surface area contributed by atoms with Crippen LogP contribution in [0.3, 0.4) is 0 Å². The molecule has 12 nitrogen and oxygen atoms in total. The summed E-state index contributed by atoms with van der Waals surface area (Å²) in [6.07, 6.45) is -2.14. The van der Waals surface area contributed by atoms with Crippen molar-refractivity contribution >= 4 is 5.91 Å². The van der Waals surface area contributed by atoms with Crippen molar-refractivity contribution in [2.24, 2.45) is 0 Å². The van der Waals surface area contributed by atoms with Gasteiger partial charge in [-0.3, -0.25) is 4.79 Å². The molecule has 0 saturated carbocycles. The lowest BCUT2D eigenvalue weighted by Crippen LogP contribution is -2.66. The molecule has 224 valence electrons. The highest BCUT2D eigenvalue weighted by Gasteiger charge is 2.50. The van der Waals surface area contributed by atoms with Gasteiger partial charge >= 0.3 is 0 Å². The van der Waals surface area contributed by atoms with Crippen LogP contribution in [0.5, 0.6) is 0 Å². The Kier molecular flexibility index (Phi) is 15.5. The van der Waals surface area contributed by atoms with Gasteiger partial charge in [0.15, 0.2) is 12.5 Å². The zero-order valence-electron chi connectivity index (χ0n) is 22.4. The van der Waals surface area contributed by atoms with Gasteiger partial charge in [-0.1, -0.05) is 71.1 Å². The van der Waals surface area contributed by atoms with Crippen LogP contribution in [0.25, 0.3) is 0 Å². The summed E-state index contributed by atoms with van der Waals surface area (Å²) in [5, 5.41) is 72.9. The molecule has 0 aromatic rings. The van der Waals surface area contributed by atoms with E-state index in [2.05, 4.69) is 12.2 Å². The van der Waals surface area contributed by atoms with Crippen molar-refractivity contribution < 1.29 is 54.8 Å². The van der Waals surface area contributed by atoms with Crippen LogP contribution in [0.15, 0.2) is 0 Å². The third-order valence-corrected chi connectivity index (χ3v) is 7.31. The van der Waals surface area contributed by atoms with Crippen molar-refractivity contribution in [3.8, 4) is 0 Å². The fraction of sp³-hybridized carbons (Fsp3) is 0.962. The van der Waals surface area contributed by atoms with E-state index in [9.17, 15) is 40.5 Å². The number of hydrogen-bond donors (Lipinski definition) is 8. The molecule has 0 bridgehead atoms. The molecule has 2 rings (SSSR count). The average molecular weight is 552 g/mol. The van der Waals surface area contributed by atoms with E-state index in [1.807, 2.05) is 0 Å². The molecule has 38 heavy (non-hydrogen) atoms. The van der Waals surface area contributed by atoms with Crippen molar-refractivity contribution in [2.75, 3.05) is 13.2 Å². The van der Waals surface area contributed by atoms with Crippen LogP contribution in [-0.2, 0) is 19.0 Å². The first kappa shape index (κ1) is 33.3. The van der Waals surface area contributed by atoms with Crippen LogP contribution in [0, 0.1) is 0 Å². The molecule has 2 saturated heterocycles. The monoisotopic (exact) mass is 551 g/mol. The first-order valence-electron chi connectivity index (χ1n) is 14.1. The van der Waals surface area contributed by atoms with E-state index in [1.165, 1.54) is 44.9 Å². The van der Waals surface area contributed by atoms with Crippen LogP contribution in [0.2, 0.25) is 0 Å². The second-order valence-corrected chi connectivity index (χ2v) is 10.4. The third kappa shape index (κ3) is 9.92. The molecule has 0 aliphatic carbocycles. The molecule has 2 aliphatic heterocycles. The number of carbonyl (C=O) groups is 1. The molecule has 8 N–H and O–H groups in total. The lowest BCUT2D eigenvalue weighted by atomic mass is 9.96. The molecule has 2 fully saturated rings. The highest BCUT2D eigenvalue weighted by Crippen LogP contribution is 2.28. The number of amides is 1. The Labute approximate surface area is 224 Å². The van der Waals surface area contributed by atoms with E-state index in [0.29, 0.717) is 6.42 Å². The molecular formula is C26H49NO11. The SMILES string of the molecule is CCCCCCCCCCCCCC(=O)N[C@@H]1O[C@H](CO)[C@@H](O[C@@H]2O[C@H](CO)[C@@H](O)[C@H](O)[C@@H]2O)[C@H](O)[C@@H]1O. The molecule has 0 unspecified atom stereocenters. The summed E-state index contributed by atoms with van der Waals surface area (Å²) in [6.45, 7) is 0.881. The number of unbranched alkanes of at least 4 members (excludes halogenated alkanes) is 10. The minimum atomic E-state index is -1.74. The third-order valence-electron chi connectivity index (χ3n) is 7.31. The van der Waals surface area contributed by atoms with Gasteiger partial charge in [-0.2, -0.15) is 0 Å².